The van der Waals surface area contributed by atoms with Crippen molar-refractivity contribution in [2.24, 2.45) is 0 Å². The molecule has 4 nitrogen and oxygen atoms in total. The van der Waals surface area contributed by atoms with Crippen LogP contribution in [0.1, 0.15) is 29.7 Å². The molecule has 0 radical (unpaired) electrons. The van der Waals surface area contributed by atoms with E-state index in [0.717, 1.165) is 24.2 Å². The topological polar surface area (TPSA) is 62.2 Å². The molecule has 3 atom stereocenters. The minimum Gasteiger partial charge on any atom is -0.507 e. The molecule has 3 rings (SSSR count). The highest BCUT2D eigenvalue weighted by atomic mass is 16.6. The van der Waals surface area contributed by atoms with Crippen LogP contribution in [0.15, 0.2) is 12.1 Å². The minimum atomic E-state index is -0.657. The summed E-state index contributed by atoms with van der Waals surface area (Å²) in [6.45, 7) is 2.96. The van der Waals surface area contributed by atoms with Gasteiger partial charge in [-0.2, -0.15) is 0 Å². The number of hydrogen-bond donors (Lipinski definition) is 2. The van der Waals surface area contributed by atoms with Crippen LogP contribution in [-0.2, 0) is 22.5 Å². The zero-order valence-corrected chi connectivity index (χ0v) is 9.72. The summed E-state index contributed by atoms with van der Waals surface area (Å²) in [6, 6.07) is 3.76. The van der Waals surface area contributed by atoms with E-state index in [2.05, 4.69) is 0 Å². The molecule has 3 unspecified atom stereocenters. The summed E-state index contributed by atoms with van der Waals surface area (Å²) >= 11 is 0. The molecule has 4 heteroatoms. The molecule has 2 aliphatic rings. The lowest BCUT2D eigenvalue weighted by Gasteiger charge is -2.29. The van der Waals surface area contributed by atoms with Crippen LogP contribution in [0.3, 0.4) is 0 Å². The summed E-state index contributed by atoms with van der Waals surface area (Å²) in [5.41, 5.74) is 2.37. The smallest absolute Gasteiger partial charge is 0.124 e. The molecule has 1 aromatic carbocycles. The summed E-state index contributed by atoms with van der Waals surface area (Å²) in [4.78, 5) is 0. The number of aliphatic hydroxyl groups is 1. The molecule has 0 aliphatic carbocycles. The molecule has 2 N–H and O–H groups in total. The van der Waals surface area contributed by atoms with Gasteiger partial charge in [0.1, 0.15) is 11.9 Å². The van der Waals surface area contributed by atoms with E-state index >= 15 is 0 Å². The van der Waals surface area contributed by atoms with Crippen molar-refractivity contribution in [3.8, 4) is 5.75 Å². The Balaban J connectivity index is 1.96. The Morgan fingerprint density at radius 1 is 1.35 bits per heavy atom. The number of phenolic OH excluding ortho intramolecular Hbond substituents is 1. The fourth-order valence-corrected chi connectivity index (χ4v) is 2.28. The molecule has 0 aromatic heterocycles. The lowest BCUT2D eigenvalue weighted by Crippen LogP contribution is -2.25. The number of hydrogen-bond acceptors (Lipinski definition) is 4. The van der Waals surface area contributed by atoms with E-state index in [-0.39, 0.29) is 18.0 Å². The van der Waals surface area contributed by atoms with Crippen LogP contribution in [0.25, 0.3) is 0 Å². The number of ether oxygens (including phenoxy) is 2. The normalized spacial score (nSPS) is 31.1. The number of phenols is 1. The maximum absolute atomic E-state index is 10.2. The molecule has 17 heavy (non-hydrogen) atoms. The van der Waals surface area contributed by atoms with Crippen LogP contribution < -0.4 is 0 Å². The second-order valence-corrected chi connectivity index (χ2v) is 4.76. The van der Waals surface area contributed by atoms with Crippen LogP contribution in [-0.4, -0.2) is 29.0 Å². The van der Waals surface area contributed by atoms with Gasteiger partial charge >= 0.3 is 0 Å². The van der Waals surface area contributed by atoms with E-state index in [0.29, 0.717) is 12.2 Å². The third-order valence-corrected chi connectivity index (χ3v) is 3.51. The Labute approximate surface area is 99.8 Å². The van der Waals surface area contributed by atoms with Gasteiger partial charge in [0.2, 0.25) is 0 Å². The third-order valence-electron chi connectivity index (χ3n) is 3.51. The van der Waals surface area contributed by atoms with Crippen LogP contribution >= 0.6 is 0 Å². The van der Waals surface area contributed by atoms with Crippen molar-refractivity contribution in [2.45, 2.75) is 38.3 Å². The molecule has 0 amide bonds. The van der Waals surface area contributed by atoms with E-state index in [1.54, 1.807) is 0 Å². The molecule has 0 bridgehead atoms. The van der Waals surface area contributed by atoms with Crippen LogP contribution in [0.5, 0.6) is 5.75 Å². The van der Waals surface area contributed by atoms with Crippen molar-refractivity contribution in [3.63, 3.8) is 0 Å². The summed E-state index contributed by atoms with van der Waals surface area (Å²) in [7, 11) is 0. The first-order chi connectivity index (χ1) is 8.16. The zero-order valence-electron chi connectivity index (χ0n) is 9.72. The molecule has 2 heterocycles. The largest absolute Gasteiger partial charge is 0.507 e. The number of aliphatic hydroxyl groups excluding tert-OH is 1. The zero-order chi connectivity index (χ0) is 12.0. The molecular formula is C13H16O4. The monoisotopic (exact) mass is 236 g/mol. The summed E-state index contributed by atoms with van der Waals surface area (Å²) in [5, 5.41) is 20.1. The second kappa shape index (κ2) is 3.98. The van der Waals surface area contributed by atoms with Crippen molar-refractivity contribution >= 4 is 0 Å². The number of epoxide rings is 1. The summed E-state index contributed by atoms with van der Waals surface area (Å²) < 4.78 is 10.6. The average molecular weight is 236 g/mol. The van der Waals surface area contributed by atoms with Gasteiger partial charge in [-0.1, -0.05) is 12.1 Å². The molecule has 1 fully saturated rings. The lowest BCUT2D eigenvalue weighted by atomic mass is 9.93. The van der Waals surface area contributed by atoms with Crippen molar-refractivity contribution in [1.82, 2.24) is 0 Å². The van der Waals surface area contributed by atoms with Gasteiger partial charge in [0.25, 0.3) is 0 Å². The first-order valence-corrected chi connectivity index (χ1v) is 5.91. The van der Waals surface area contributed by atoms with Crippen LogP contribution in [0, 0.1) is 0 Å². The van der Waals surface area contributed by atoms with E-state index in [1.165, 1.54) is 0 Å². The van der Waals surface area contributed by atoms with Gasteiger partial charge in [-0.25, -0.2) is 0 Å². The number of aromatic hydroxyl groups is 1. The molecule has 1 aromatic rings. The van der Waals surface area contributed by atoms with Gasteiger partial charge in [-0.15, -0.1) is 0 Å². The van der Waals surface area contributed by atoms with Crippen LogP contribution in [0.4, 0.5) is 0 Å². The lowest BCUT2D eigenvalue weighted by molar-refractivity contribution is -0.0532. The highest BCUT2D eigenvalue weighted by molar-refractivity contribution is 5.47. The van der Waals surface area contributed by atoms with Crippen LogP contribution in [0.2, 0.25) is 0 Å². The Kier molecular flexibility index (Phi) is 2.58. The Morgan fingerprint density at radius 2 is 2.12 bits per heavy atom. The van der Waals surface area contributed by atoms with Gasteiger partial charge in [-0.3, -0.25) is 0 Å². The van der Waals surface area contributed by atoms with Gasteiger partial charge in [-0.05, 0) is 18.1 Å². The summed E-state index contributed by atoms with van der Waals surface area (Å²) in [6.07, 6.45) is 0.0906. The quantitative estimate of drug-likeness (QED) is 0.759. The number of benzene rings is 1. The van der Waals surface area contributed by atoms with E-state index < -0.39 is 6.10 Å². The first kappa shape index (κ1) is 11.0. The fraction of sp³-hybridized carbons (Fsp3) is 0.538. The molecule has 2 aliphatic heterocycles. The number of rotatable bonds is 2. The first-order valence-electron chi connectivity index (χ1n) is 5.91. The molecule has 1 saturated heterocycles. The molecular weight excluding hydrogens is 220 g/mol. The SMILES string of the molecule is CC1OCc2c(ccc(CC3CO3)c2O)C1O. The Morgan fingerprint density at radius 3 is 2.82 bits per heavy atom. The third kappa shape index (κ3) is 1.92. The Bertz CT molecular complexity index is 439. The van der Waals surface area contributed by atoms with Crippen molar-refractivity contribution in [3.05, 3.63) is 28.8 Å². The fourth-order valence-electron chi connectivity index (χ4n) is 2.28. The van der Waals surface area contributed by atoms with E-state index in [1.807, 2.05) is 19.1 Å². The van der Waals surface area contributed by atoms with E-state index in [4.69, 9.17) is 9.47 Å². The molecule has 92 valence electrons. The molecule has 0 spiro atoms. The van der Waals surface area contributed by atoms with Gasteiger partial charge in [0.15, 0.2) is 0 Å². The highest BCUT2D eigenvalue weighted by Gasteiger charge is 2.30. The van der Waals surface area contributed by atoms with Gasteiger partial charge in [0.05, 0.1) is 25.4 Å². The standard InChI is InChI=1S/C13H16O4/c1-7-12(14)10-3-2-8(4-9-5-17-9)13(15)11(10)6-16-7/h2-3,7,9,12,14-15H,4-6H2,1H3. The van der Waals surface area contributed by atoms with E-state index in [9.17, 15) is 10.2 Å². The second-order valence-electron chi connectivity index (χ2n) is 4.76. The summed E-state index contributed by atoms with van der Waals surface area (Å²) in [5.74, 6) is 0.254. The Hall–Kier alpha value is -1.10. The minimum absolute atomic E-state index is 0.223. The molecule has 0 saturated carbocycles. The van der Waals surface area contributed by atoms with Crippen molar-refractivity contribution in [1.29, 1.82) is 0 Å². The van der Waals surface area contributed by atoms with Crippen molar-refractivity contribution < 1.29 is 19.7 Å². The highest BCUT2D eigenvalue weighted by Crippen LogP contribution is 2.37. The maximum atomic E-state index is 10.2. The predicted octanol–water partition coefficient (Wildman–Crippen LogP) is 1.29. The predicted molar refractivity (Wildman–Crippen MR) is 60.8 cm³/mol. The van der Waals surface area contributed by atoms with Gasteiger partial charge in [0, 0.05) is 12.0 Å². The maximum Gasteiger partial charge on any atom is 0.124 e. The van der Waals surface area contributed by atoms with Crippen molar-refractivity contribution in [2.75, 3.05) is 6.61 Å². The number of fused-ring (bicyclic) bond motifs is 1. The van der Waals surface area contributed by atoms with Gasteiger partial charge < -0.3 is 19.7 Å². The average Bonchev–Trinajstić information content (AvgIpc) is 3.11.